The summed E-state index contributed by atoms with van der Waals surface area (Å²) in [6, 6.07) is 4.18. The van der Waals surface area contributed by atoms with E-state index in [1.54, 1.807) is 0 Å². The lowest BCUT2D eigenvalue weighted by Crippen LogP contribution is -2.18. The molecule has 0 radical (unpaired) electrons. The number of anilines is 1. The summed E-state index contributed by atoms with van der Waals surface area (Å²) < 4.78 is 7.13. The summed E-state index contributed by atoms with van der Waals surface area (Å²) >= 11 is 3.48. The summed E-state index contributed by atoms with van der Waals surface area (Å²) in [6.07, 6.45) is 2.20. The molecule has 80 valence electrons. The first-order valence-corrected chi connectivity index (χ1v) is 6.04. The van der Waals surface area contributed by atoms with Crippen LogP contribution in [0.5, 0.6) is 0 Å². The second kappa shape index (κ2) is 2.58. The van der Waals surface area contributed by atoms with E-state index in [0.717, 1.165) is 23.0 Å². The predicted octanol–water partition coefficient (Wildman–Crippen LogP) is 3.29. The highest BCUT2D eigenvalue weighted by molar-refractivity contribution is 9.10. The largest absolute Gasteiger partial charge is 0.398 e. The van der Waals surface area contributed by atoms with E-state index in [0.29, 0.717) is 0 Å². The zero-order valence-corrected chi connectivity index (χ0v) is 10.5. The number of fused-ring (bicyclic) bond motifs is 5. The minimum Gasteiger partial charge on any atom is -0.398 e. The second-order valence-electron chi connectivity index (χ2n) is 4.98. The SMILES string of the molecule is CC12CCC(C)(O1)c1cc(Br)c(N)cc12. The van der Waals surface area contributed by atoms with Gasteiger partial charge >= 0.3 is 0 Å². The minimum atomic E-state index is -0.112. The maximum Gasteiger partial charge on any atom is 0.0921 e. The topological polar surface area (TPSA) is 35.2 Å². The molecule has 2 nitrogen and oxygen atoms in total. The highest BCUT2D eigenvalue weighted by Crippen LogP contribution is 2.58. The van der Waals surface area contributed by atoms with Crippen LogP contribution in [-0.4, -0.2) is 0 Å². The van der Waals surface area contributed by atoms with E-state index < -0.39 is 0 Å². The van der Waals surface area contributed by atoms with Crippen molar-refractivity contribution in [2.45, 2.75) is 37.9 Å². The molecule has 1 fully saturated rings. The number of rotatable bonds is 0. The second-order valence-corrected chi connectivity index (χ2v) is 5.84. The van der Waals surface area contributed by atoms with Crippen LogP contribution in [0.15, 0.2) is 16.6 Å². The van der Waals surface area contributed by atoms with E-state index in [4.69, 9.17) is 10.5 Å². The van der Waals surface area contributed by atoms with E-state index in [2.05, 4.69) is 41.9 Å². The van der Waals surface area contributed by atoms with Crippen molar-refractivity contribution < 1.29 is 4.74 Å². The first-order chi connectivity index (χ1) is 6.95. The summed E-state index contributed by atoms with van der Waals surface area (Å²) in [7, 11) is 0. The Morgan fingerprint density at radius 1 is 1.20 bits per heavy atom. The average molecular weight is 268 g/mol. The molecule has 0 spiro atoms. The molecule has 3 heteroatoms. The molecule has 3 rings (SSSR count). The van der Waals surface area contributed by atoms with Crippen molar-refractivity contribution in [3.63, 3.8) is 0 Å². The Bertz CT molecular complexity index is 418. The van der Waals surface area contributed by atoms with Crippen LogP contribution in [0, 0.1) is 0 Å². The lowest BCUT2D eigenvalue weighted by molar-refractivity contribution is -0.0662. The number of ether oxygens (including phenoxy) is 1. The van der Waals surface area contributed by atoms with Crippen molar-refractivity contribution in [1.82, 2.24) is 0 Å². The first-order valence-electron chi connectivity index (χ1n) is 5.25. The van der Waals surface area contributed by atoms with E-state index in [1.807, 2.05) is 0 Å². The Morgan fingerprint density at radius 2 is 1.73 bits per heavy atom. The minimum absolute atomic E-state index is 0.0969. The number of halogens is 1. The van der Waals surface area contributed by atoms with E-state index >= 15 is 0 Å². The molecule has 0 amide bonds. The van der Waals surface area contributed by atoms with Crippen LogP contribution in [0.1, 0.15) is 37.8 Å². The lowest BCUT2D eigenvalue weighted by atomic mass is 9.78. The van der Waals surface area contributed by atoms with Crippen molar-refractivity contribution in [2.75, 3.05) is 5.73 Å². The van der Waals surface area contributed by atoms with Gasteiger partial charge in [0.2, 0.25) is 0 Å². The van der Waals surface area contributed by atoms with Gasteiger partial charge < -0.3 is 10.5 Å². The first kappa shape index (κ1) is 9.67. The Hall–Kier alpha value is -0.540. The van der Waals surface area contributed by atoms with Gasteiger partial charge in [-0.05, 0) is 65.9 Å². The quantitative estimate of drug-likeness (QED) is 0.733. The van der Waals surface area contributed by atoms with E-state index in [9.17, 15) is 0 Å². The van der Waals surface area contributed by atoms with Crippen LogP contribution in [0.2, 0.25) is 0 Å². The Morgan fingerprint density at radius 3 is 2.33 bits per heavy atom. The zero-order chi connectivity index (χ0) is 10.8. The van der Waals surface area contributed by atoms with Gasteiger partial charge in [0, 0.05) is 10.2 Å². The van der Waals surface area contributed by atoms with Crippen molar-refractivity contribution in [3.05, 3.63) is 27.7 Å². The average Bonchev–Trinajstić information content (AvgIpc) is 2.57. The predicted molar refractivity (Wildman–Crippen MR) is 63.6 cm³/mol. The Kier molecular flexibility index (Phi) is 1.66. The van der Waals surface area contributed by atoms with Crippen LogP contribution >= 0.6 is 15.9 Å². The number of nitrogen functional groups attached to an aromatic ring is 1. The fourth-order valence-corrected chi connectivity index (χ4v) is 3.26. The van der Waals surface area contributed by atoms with Crippen molar-refractivity contribution in [2.24, 2.45) is 0 Å². The molecular weight excluding hydrogens is 254 g/mol. The van der Waals surface area contributed by atoms with Crippen LogP contribution in [0.4, 0.5) is 5.69 Å². The fraction of sp³-hybridized carbons (Fsp3) is 0.500. The molecular formula is C12H14BrNO. The highest BCUT2D eigenvalue weighted by Gasteiger charge is 2.54. The molecule has 1 aromatic carbocycles. The summed E-state index contributed by atoms with van der Waals surface area (Å²) in [4.78, 5) is 0. The van der Waals surface area contributed by atoms with Crippen LogP contribution in [-0.2, 0) is 15.9 Å². The van der Waals surface area contributed by atoms with Gasteiger partial charge in [-0.3, -0.25) is 0 Å². The third-order valence-electron chi connectivity index (χ3n) is 3.81. The van der Waals surface area contributed by atoms with Crippen molar-refractivity contribution >= 4 is 21.6 Å². The fourth-order valence-electron chi connectivity index (χ4n) is 2.92. The van der Waals surface area contributed by atoms with Gasteiger partial charge in [-0.1, -0.05) is 0 Å². The van der Waals surface area contributed by atoms with Gasteiger partial charge in [-0.15, -0.1) is 0 Å². The van der Waals surface area contributed by atoms with Crippen LogP contribution in [0.3, 0.4) is 0 Å². The number of hydrogen-bond donors (Lipinski definition) is 1. The van der Waals surface area contributed by atoms with Crippen molar-refractivity contribution in [1.29, 1.82) is 0 Å². The summed E-state index contributed by atoms with van der Waals surface area (Å²) in [5, 5.41) is 0. The standard InChI is InChI=1S/C12H14BrNO/c1-11-3-4-12(2,15-11)8-6-10(14)9(13)5-7(8)11/h5-6H,3-4,14H2,1-2H3. The molecule has 2 aliphatic rings. The van der Waals surface area contributed by atoms with Crippen molar-refractivity contribution in [3.8, 4) is 0 Å². The molecule has 1 saturated heterocycles. The molecule has 2 aliphatic heterocycles. The van der Waals surface area contributed by atoms with Gasteiger partial charge in [0.1, 0.15) is 0 Å². The molecule has 2 N–H and O–H groups in total. The molecule has 0 aliphatic carbocycles. The maximum atomic E-state index is 6.15. The van der Waals surface area contributed by atoms with E-state index in [-0.39, 0.29) is 11.2 Å². The monoisotopic (exact) mass is 267 g/mol. The van der Waals surface area contributed by atoms with Gasteiger partial charge in [-0.25, -0.2) is 0 Å². The Balaban J connectivity index is 2.30. The van der Waals surface area contributed by atoms with Gasteiger partial charge in [-0.2, -0.15) is 0 Å². The molecule has 2 heterocycles. The molecule has 1 aromatic rings. The molecule has 15 heavy (non-hydrogen) atoms. The highest BCUT2D eigenvalue weighted by atomic mass is 79.9. The molecule has 0 saturated carbocycles. The number of benzene rings is 1. The molecule has 2 atom stereocenters. The van der Waals surface area contributed by atoms with Gasteiger partial charge in [0.25, 0.3) is 0 Å². The number of hydrogen-bond acceptors (Lipinski definition) is 2. The smallest absolute Gasteiger partial charge is 0.0921 e. The summed E-state index contributed by atoms with van der Waals surface area (Å²) in [5.74, 6) is 0. The van der Waals surface area contributed by atoms with Crippen LogP contribution in [0.25, 0.3) is 0 Å². The maximum absolute atomic E-state index is 6.15. The Labute approximate surface area is 97.9 Å². The third kappa shape index (κ3) is 1.08. The van der Waals surface area contributed by atoms with Gasteiger partial charge in [0.15, 0.2) is 0 Å². The number of nitrogens with two attached hydrogens (primary N) is 1. The lowest BCUT2D eigenvalue weighted by Gasteiger charge is -2.23. The molecule has 0 aromatic heterocycles. The summed E-state index contributed by atoms with van der Waals surface area (Å²) in [6.45, 7) is 4.34. The summed E-state index contributed by atoms with van der Waals surface area (Å²) in [5.41, 5.74) is 9.09. The molecule has 2 bridgehead atoms. The van der Waals surface area contributed by atoms with E-state index in [1.165, 1.54) is 11.1 Å². The molecule has 2 unspecified atom stereocenters. The van der Waals surface area contributed by atoms with Gasteiger partial charge in [0.05, 0.1) is 11.2 Å². The normalized spacial score (nSPS) is 37.0. The van der Waals surface area contributed by atoms with Crippen LogP contribution < -0.4 is 5.73 Å². The third-order valence-corrected chi connectivity index (χ3v) is 4.49. The zero-order valence-electron chi connectivity index (χ0n) is 8.93.